The number of benzene rings is 2. The summed E-state index contributed by atoms with van der Waals surface area (Å²) in [7, 11) is 0. The van der Waals surface area contributed by atoms with Gasteiger partial charge in [-0.05, 0) is 43.2 Å². The number of esters is 1. The Bertz CT molecular complexity index is 885. The number of carbonyl (C=O) groups excluding carboxylic acids is 2. The molecule has 1 heterocycles. The van der Waals surface area contributed by atoms with E-state index in [2.05, 4.69) is 5.32 Å². The third-order valence-electron chi connectivity index (χ3n) is 4.90. The number of piperidine rings is 1. The van der Waals surface area contributed by atoms with Crippen molar-refractivity contribution in [3.05, 3.63) is 60.2 Å². The minimum absolute atomic E-state index is 0.119. The first-order chi connectivity index (χ1) is 14.8. The van der Waals surface area contributed by atoms with E-state index in [9.17, 15) is 22.8 Å². The van der Waals surface area contributed by atoms with E-state index in [1.165, 1.54) is 17.8 Å². The van der Waals surface area contributed by atoms with Crippen LogP contribution in [-0.4, -0.2) is 42.3 Å². The molecule has 9 heteroatoms. The molecule has 2 aromatic rings. The van der Waals surface area contributed by atoms with Gasteiger partial charge in [0.15, 0.2) is 0 Å². The standard InChI is InChI=1S/C22H23F3N2O3S/c23-22(24,25)17-5-4-8-19(15-17)31-14-13-30-20(28)16-9-11-27(12-10-16)21(29)26-18-6-2-1-3-7-18/h1-8,15-16H,9-14H2,(H,26,29). The fourth-order valence-electron chi connectivity index (χ4n) is 3.22. The molecule has 1 aliphatic rings. The maximum Gasteiger partial charge on any atom is 0.416 e. The van der Waals surface area contributed by atoms with E-state index >= 15 is 0 Å². The molecule has 1 N–H and O–H groups in total. The Balaban J connectivity index is 1.36. The molecule has 3 rings (SSSR count). The van der Waals surface area contributed by atoms with Gasteiger partial charge in [0.05, 0.1) is 11.5 Å². The number of nitrogens with one attached hydrogen (secondary N) is 1. The molecule has 1 saturated heterocycles. The summed E-state index contributed by atoms with van der Waals surface area (Å²) < 4.78 is 43.5. The highest BCUT2D eigenvalue weighted by Crippen LogP contribution is 2.31. The van der Waals surface area contributed by atoms with Crippen LogP contribution >= 0.6 is 11.8 Å². The molecule has 2 amide bonds. The predicted octanol–water partition coefficient (Wildman–Crippen LogP) is 5.28. The van der Waals surface area contributed by atoms with E-state index < -0.39 is 11.7 Å². The van der Waals surface area contributed by atoms with Crippen LogP contribution in [0.3, 0.4) is 0 Å². The zero-order valence-electron chi connectivity index (χ0n) is 16.7. The molecule has 2 aromatic carbocycles. The van der Waals surface area contributed by atoms with Gasteiger partial charge in [-0.25, -0.2) is 4.79 Å². The number of hydrogen-bond donors (Lipinski definition) is 1. The Morgan fingerprint density at radius 3 is 2.45 bits per heavy atom. The Hall–Kier alpha value is -2.68. The number of para-hydroxylation sites is 1. The van der Waals surface area contributed by atoms with E-state index in [1.807, 2.05) is 18.2 Å². The largest absolute Gasteiger partial charge is 0.465 e. The first-order valence-corrected chi connectivity index (χ1v) is 10.9. The predicted molar refractivity (Wildman–Crippen MR) is 113 cm³/mol. The Morgan fingerprint density at radius 2 is 1.77 bits per heavy atom. The smallest absolute Gasteiger partial charge is 0.416 e. The molecular formula is C22H23F3N2O3S. The van der Waals surface area contributed by atoms with Crippen LogP contribution in [0.25, 0.3) is 0 Å². The number of alkyl halides is 3. The van der Waals surface area contributed by atoms with Crippen LogP contribution in [0.1, 0.15) is 18.4 Å². The third kappa shape index (κ3) is 6.92. The molecule has 0 radical (unpaired) electrons. The molecule has 1 aliphatic heterocycles. The highest BCUT2D eigenvalue weighted by Gasteiger charge is 2.30. The molecule has 1 fully saturated rings. The minimum Gasteiger partial charge on any atom is -0.465 e. The average Bonchev–Trinajstić information content (AvgIpc) is 2.77. The van der Waals surface area contributed by atoms with Crippen molar-refractivity contribution in [2.75, 3.05) is 30.8 Å². The maximum atomic E-state index is 12.7. The van der Waals surface area contributed by atoms with E-state index in [1.54, 1.807) is 23.1 Å². The van der Waals surface area contributed by atoms with Gasteiger partial charge in [-0.1, -0.05) is 24.3 Å². The summed E-state index contributed by atoms with van der Waals surface area (Å²) in [6.07, 6.45) is -3.35. The Labute approximate surface area is 182 Å². The SMILES string of the molecule is O=C(OCCSc1cccc(C(F)(F)F)c1)C1CCN(C(=O)Nc2ccccc2)CC1. The van der Waals surface area contributed by atoms with Crippen molar-refractivity contribution in [1.29, 1.82) is 0 Å². The van der Waals surface area contributed by atoms with Crippen molar-refractivity contribution in [1.82, 2.24) is 4.90 Å². The number of amides is 2. The van der Waals surface area contributed by atoms with Gasteiger partial charge < -0.3 is 15.0 Å². The molecule has 0 aromatic heterocycles. The lowest BCUT2D eigenvalue weighted by molar-refractivity contribution is -0.149. The average molecular weight is 452 g/mol. The lowest BCUT2D eigenvalue weighted by atomic mass is 9.97. The highest BCUT2D eigenvalue weighted by atomic mass is 32.2. The summed E-state index contributed by atoms with van der Waals surface area (Å²) in [4.78, 5) is 26.7. The number of ether oxygens (including phenoxy) is 1. The topological polar surface area (TPSA) is 58.6 Å². The van der Waals surface area contributed by atoms with Crippen molar-refractivity contribution in [3.8, 4) is 0 Å². The number of thioether (sulfide) groups is 1. The molecule has 0 aliphatic carbocycles. The Kier molecular flexibility index (Phi) is 7.84. The number of carbonyl (C=O) groups is 2. The van der Waals surface area contributed by atoms with E-state index in [4.69, 9.17) is 4.74 Å². The van der Waals surface area contributed by atoms with Gasteiger partial charge in [-0.15, -0.1) is 11.8 Å². The summed E-state index contributed by atoms with van der Waals surface area (Å²) in [5.41, 5.74) is 0.0184. The molecule has 0 unspecified atom stereocenters. The summed E-state index contributed by atoms with van der Waals surface area (Å²) >= 11 is 1.21. The van der Waals surface area contributed by atoms with Crippen LogP contribution < -0.4 is 5.32 Å². The second-order valence-electron chi connectivity index (χ2n) is 7.10. The first kappa shape index (κ1) is 23.0. The van der Waals surface area contributed by atoms with Crippen molar-refractivity contribution in [2.45, 2.75) is 23.9 Å². The second kappa shape index (κ2) is 10.6. The summed E-state index contributed by atoms with van der Waals surface area (Å²) in [5, 5.41) is 2.82. The Morgan fingerprint density at radius 1 is 1.06 bits per heavy atom. The van der Waals surface area contributed by atoms with Crippen LogP contribution in [-0.2, 0) is 15.7 Å². The number of anilines is 1. The maximum absolute atomic E-state index is 12.7. The number of likely N-dealkylation sites (tertiary alicyclic amines) is 1. The van der Waals surface area contributed by atoms with Crippen LogP contribution in [0.4, 0.5) is 23.7 Å². The molecule has 31 heavy (non-hydrogen) atoms. The number of hydrogen-bond acceptors (Lipinski definition) is 4. The lowest BCUT2D eigenvalue weighted by Gasteiger charge is -2.31. The van der Waals surface area contributed by atoms with Gasteiger partial charge in [-0.2, -0.15) is 13.2 Å². The number of nitrogens with zero attached hydrogens (tertiary/aromatic N) is 1. The second-order valence-corrected chi connectivity index (χ2v) is 8.27. The van der Waals surface area contributed by atoms with E-state index in [-0.39, 0.29) is 24.5 Å². The van der Waals surface area contributed by atoms with Crippen molar-refractivity contribution in [2.24, 2.45) is 5.92 Å². The number of urea groups is 1. The van der Waals surface area contributed by atoms with Crippen LogP contribution in [0, 0.1) is 5.92 Å². The van der Waals surface area contributed by atoms with Crippen LogP contribution in [0.15, 0.2) is 59.5 Å². The van der Waals surface area contributed by atoms with Gasteiger partial charge in [0.25, 0.3) is 0 Å². The van der Waals surface area contributed by atoms with Crippen molar-refractivity contribution >= 4 is 29.4 Å². The molecular weight excluding hydrogens is 429 g/mol. The van der Waals surface area contributed by atoms with Gasteiger partial charge in [0.2, 0.25) is 0 Å². The molecule has 0 bridgehead atoms. The van der Waals surface area contributed by atoms with Gasteiger partial charge in [0.1, 0.15) is 6.61 Å². The molecule has 5 nitrogen and oxygen atoms in total. The molecule has 166 valence electrons. The highest BCUT2D eigenvalue weighted by molar-refractivity contribution is 7.99. The summed E-state index contributed by atoms with van der Waals surface area (Å²) in [6, 6.07) is 14.0. The third-order valence-corrected chi connectivity index (χ3v) is 5.86. The van der Waals surface area contributed by atoms with Crippen molar-refractivity contribution in [3.63, 3.8) is 0 Å². The lowest BCUT2D eigenvalue weighted by Crippen LogP contribution is -2.42. The van der Waals surface area contributed by atoms with E-state index in [0.29, 0.717) is 42.3 Å². The van der Waals surface area contributed by atoms with Crippen LogP contribution in [0.2, 0.25) is 0 Å². The normalized spacial score (nSPS) is 14.9. The van der Waals surface area contributed by atoms with Gasteiger partial charge in [-0.3, -0.25) is 4.79 Å². The molecule has 0 saturated carbocycles. The van der Waals surface area contributed by atoms with Crippen molar-refractivity contribution < 1.29 is 27.5 Å². The zero-order chi connectivity index (χ0) is 22.3. The molecule has 0 atom stereocenters. The van der Waals surface area contributed by atoms with Crippen LogP contribution in [0.5, 0.6) is 0 Å². The summed E-state index contributed by atoms with van der Waals surface area (Å²) in [6.45, 7) is 1.03. The molecule has 0 spiro atoms. The minimum atomic E-state index is -4.38. The summed E-state index contributed by atoms with van der Waals surface area (Å²) in [5.74, 6) is -0.238. The van der Waals surface area contributed by atoms with Gasteiger partial charge >= 0.3 is 18.2 Å². The fourth-order valence-corrected chi connectivity index (χ4v) is 4.01. The quantitative estimate of drug-likeness (QED) is 0.368. The van der Waals surface area contributed by atoms with Gasteiger partial charge in [0, 0.05) is 29.4 Å². The first-order valence-electron chi connectivity index (χ1n) is 9.90. The van der Waals surface area contributed by atoms with E-state index in [0.717, 1.165) is 12.1 Å². The number of halogens is 3. The zero-order valence-corrected chi connectivity index (χ0v) is 17.5. The fraction of sp³-hybridized carbons (Fsp3) is 0.364. The monoisotopic (exact) mass is 452 g/mol. The number of rotatable bonds is 6.